The molecule has 0 unspecified atom stereocenters. The van der Waals surface area contributed by atoms with Gasteiger partial charge in [-0.15, -0.1) is 0 Å². The van der Waals surface area contributed by atoms with Crippen molar-refractivity contribution in [1.29, 1.82) is 0 Å². The van der Waals surface area contributed by atoms with E-state index >= 15 is 0 Å². The zero-order valence-corrected chi connectivity index (χ0v) is 7.79. The highest BCUT2D eigenvalue weighted by Gasteiger charge is 2.23. The molecule has 0 aliphatic carbocycles. The lowest BCUT2D eigenvalue weighted by Gasteiger charge is -2.08. The topological polar surface area (TPSA) is 74.7 Å². The summed E-state index contributed by atoms with van der Waals surface area (Å²) in [5.74, 6) is 0. The summed E-state index contributed by atoms with van der Waals surface area (Å²) >= 11 is 0. The molecule has 2 heterocycles. The summed E-state index contributed by atoms with van der Waals surface area (Å²) in [6.07, 6.45) is 3.41. The van der Waals surface area contributed by atoms with Gasteiger partial charge in [0.2, 0.25) is 7.29 Å². The van der Waals surface area contributed by atoms with Crippen molar-refractivity contribution in [3.63, 3.8) is 0 Å². The van der Waals surface area contributed by atoms with Crippen molar-refractivity contribution in [2.24, 2.45) is 5.50 Å². The van der Waals surface area contributed by atoms with Crippen molar-refractivity contribution >= 4 is 18.2 Å². The van der Waals surface area contributed by atoms with Gasteiger partial charge in [-0.05, 0) is 24.3 Å². The second kappa shape index (κ2) is 2.91. The fourth-order valence-electron chi connectivity index (χ4n) is 1.18. The van der Waals surface area contributed by atoms with E-state index in [1.807, 2.05) is 0 Å². The van der Waals surface area contributed by atoms with Gasteiger partial charge in [0.1, 0.15) is 0 Å². The quantitative estimate of drug-likeness (QED) is 0.611. The minimum atomic E-state index is -2.91. The number of aromatic nitrogens is 2. The van der Waals surface area contributed by atoms with E-state index in [9.17, 15) is 4.57 Å². The Balaban J connectivity index is 2.49. The van der Waals surface area contributed by atoms with Crippen LogP contribution in [0.5, 0.6) is 0 Å². The lowest BCUT2D eigenvalue weighted by atomic mass is 10.7. The summed E-state index contributed by atoms with van der Waals surface area (Å²) < 4.78 is 12.1. The third kappa shape index (κ3) is 1.34. The summed E-state index contributed by atoms with van der Waals surface area (Å²) in [4.78, 5) is 5.72. The Hall–Kier alpha value is -1.25. The maximum absolute atomic E-state index is 12.1. The molecule has 0 bridgehead atoms. The fourth-order valence-corrected chi connectivity index (χ4v) is 2.59. The minimum absolute atomic E-state index is 0.565. The van der Waals surface area contributed by atoms with Gasteiger partial charge in [-0.2, -0.15) is 0 Å². The Morgan fingerprint density at radius 3 is 1.85 bits per heavy atom. The molecule has 0 spiro atoms. The highest BCUT2D eigenvalue weighted by Crippen LogP contribution is 2.31. The maximum Gasteiger partial charge on any atom is 0.233 e. The second-order valence-corrected chi connectivity index (χ2v) is 5.05. The zero-order valence-electron chi connectivity index (χ0n) is 6.90. The monoisotopic (exact) mass is 195 g/mol. The van der Waals surface area contributed by atoms with Crippen LogP contribution in [0.15, 0.2) is 36.7 Å². The molecule has 0 saturated heterocycles. The highest BCUT2D eigenvalue weighted by atomic mass is 31.2. The summed E-state index contributed by atoms with van der Waals surface area (Å²) in [7, 11) is -2.91. The van der Waals surface area contributed by atoms with Crippen molar-refractivity contribution in [2.75, 3.05) is 0 Å². The molecule has 2 aromatic rings. The Morgan fingerprint density at radius 1 is 1.08 bits per heavy atom. The normalized spacial score (nSPS) is 11.8. The van der Waals surface area contributed by atoms with E-state index in [0.717, 1.165) is 0 Å². The predicted molar refractivity (Wildman–Crippen MR) is 52.6 cm³/mol. The van der Waals surface area contributed by atoms with Crippen LogP contribution in [0.4, 0.5) is 0 Å². The zero-order chi connectivity index (χ0) is 9.31. The molecule has 68 valence electrons. The van der Waals surface area contributed by atoms with Crippen LogP contribution >= 0.6 is 7.29 Å². The molecule has 0 radical (unpaired) electrons. The van der Waals surface area contributed by atoms with Crippen molar-refractivity contribution in [3.05, 3.63) is 36.7 Å². The van der Waals surface area contributed by atoms with Gasteiger partial charge in [0, 0.05) is 12.4 Å². The number of aromatic amines is 2. The van der Waals surface area contributed by atoms with Crippen molar-refractivity contribution < 1.29 is 4.57 Å². The fraction of sp³-hybridized carbons (Fsp3) is 0. The third-order valence-corrected chi connectivity index (χ3v) is 3.87. The van der Waals surface area contributed by atoms with E-state index in [1.165, 1.54) is 0 Å². The van der Waals surface area contributed by atoms with Gasteiger partial charge in [-0.1, -0.05) is 0 Å². The standard InChI is InChI=1S/C8H10N3OP/c9-13(12,7-3-1-5-10-7)8-4-2-6-11-8/h1-6,10-11H,(H2,9,12). The van der Waals surface area contributed by atoms with Crippen molar-refractivity contribution in [2.45, 2.75) is 0 Å². The summed E-state index contributed by atoms with van der Waals surface area (Å²) in [5, 5.41) is 0. The van der Waals surface area contributed by atoms with Crippen LogP contribution in [0.2, 0.25) is 0 Å². The molecule has 0 aliphatic heterocycles. The van der Waals surface area contributed by atoms with Crippen LogP contribution in [0, 0.1) is 0 Å². The van der Waals surface area contributed by atoms with Gasteiger partial charge in [-0.3, -0.25) is 10.1 Å². The molecule has 0 fully saturated rings. The van der Waals surface area contributed by atoms with Crippen molar-refractivity contribution in [3.8, 4) is 0 Å². The predicted octanol–water partition coefficient (Wildman–Crippen LogP) is 0.530. The first kappa shape index (κ1) is 8.35. The van der Waals surface area contributed by atoms with E-state index in [1.54, 1.807) is 36.7 Å². The van der Waals surface area contributed by atoms with E-state index in [-0.39, 0.29) is 0 Å². The number of nitrogens with two attached hydrogens (primary N) is 1. The Labute approximate surface area is 75.6 Å². The van der Waals surface area contributed by atoms with Gasteiger partial charge < -0.3 is 9.97 Å². The van der Waals surface area contributed by atoms with Crippen LogP contribution in [-0.4, -0.2) is 9.97 Å². The molecule has 5 heteroatoms. The lowest BCUT2D eigenvalue weighted by molar-refractivity contribution is 0.587. The van der Waals surface area contributed by atoms with Crippen LogP contribution in [-0.2, 0) is 4.57 Å². The van der Waals surface area contributed by atoms with Gasteiger partial charge in [0.25, 0.3) is 0 Å². The highest BCUT2D eigenvalue weighted by molar-refractivity contribution is 7.76. The molecule has 0 atom stereocenters. The molecule has 0 amide bonds. The number of rotatable bonds is 2. The van der Waals surface area contributed by atoms with Gasteiger partial charge in [0.05, 0.1) is 10.9 Å². The summed E-state index contributed by atoms with van der Waals surface area (Å²) in [5.41, 5.74) is 6.87. The van der Waals surface area contributed by atoms with E-state index in [0.29, 0.717) is 10.9 Å². The van der Waals surface area contributed by atoms with Gasteiger partial charge >= 0.3 is 0 Å². The smallest absolute Gasteiger partial charge is 0.233 e. The number of hydrogen-bond acceptors (Lipinski definition) is 1. The molecular formula is C8H10N3OP. The maximum atomic E-state index is 12.1. The molecule has 0 aromatic carbocycles. The largest absolute Gasteiger partial charge is 0.358 e. The lowest BCUT2D eigenvalue weighted by Crippen LogP contribution is -2.23. The van der Waals surface area contributed by atoms with Crippen LogP contribution in [0.25, 0.3) is 0 Å². The summed E-state index contributed by atoms with van der Waals surface area (Å²) in [6, 6.07) is 7.00. The Kier molecular flexibility index (Phi) is 1.87. The molecular weight excluding hydrogens is 185 g/mol. The SMILES string of the molecule is NP(=O)(c1ccc[nH]1)c1ccc[nH]1. The Bertz CT molecular complexity index is 380. The molecule has 0 saturated carbocycles. The molecule has 13 heavy (non-hydrogen) atoms. The van der Waals surface area contributed by atoms with Gasteiger partial charge in [0.15, 0.2) is 0 Å². The molecule has 2 aromatic heterocycles. The summed E-state index contributed by atoms with van der Waals surface area (Å²) in [6.45, 7) is 0. The minimum Gasteiger partial charge on any atom is -0.358 e. The van der Waals surface area contributed by atoms with E-state index < -0.39 is 7.29 Å². The average Bonchev–Trinajstić information content (AvgIpc) is 2.78. The molecule has 0 aliphatic rings. The van der Waals surface area contributed by atoms with Gasteiger partial charge in [-0.25, -0.2) is 0 Å². The van der Waals surface area contributed by atoms with E-state index in [4.69, 9.17) is 5.50 Å². The molecule has 4 N–H and O–H groups in total. The number of nitrogens with one attached hydrogen (secondary N) is 2. The van der Waals surface area contributed by atoms with Crippen LogP contribution < -0.4 is 16.4 Å². The molecule has 4 nitrogen and oxygen atoms in total. The number of H-pyrrole nitrogens is 2. The first-order valence-corrected chi connectivity index (χ1v) is 5.65. The third-order valence-electron chi connectivity index (χ3n) is 1.88. The second-order valence-electron chi connectivity index (χ2n) is 2.77. The van der Waals surface area contributed by atoms with Crippen LogP contribution in [0.1, 0.15) is 0 Å². The number of hydrogen-bond donors (Lipinski definition) is 3. The first-order valence-electron chi connectivity index (χ1n) is 3.88. The first-order chi connectivity index (χ1) is 6.21. The molecule has 2 rings (SSSR count). The van der Waals surface area contributed by atoms with Crippen LogP contribution in [0.3, 0.4) is 0 Å². The Morgan fingerprint density at radius 2 is 1.54 bits per heavy atom. The van der Waals surface area contributed by atoms with E-state index in [2.05, 4.69) is 9.97 Å². The van der Waals surface area contributed by atoms with Crippen molar-refractivity contribution in [1.82, 2.24) is 9.97 Å². The average molecular weight is 195 g/mol.